The summed E-state index contributed by atoms with van der Waals surface area (Å²) >= 11 is 0. The summed E-state index contributed by atoms with van der Waals surface area (Å²) in [4.78, 5) is 14.9. The number of aromatic amines is 1. The highest BCUT2D eigenvalue weighted by Crippen LogP contribution is 2.43. The number of hydrogen-bond acceptors (Lipinski definition) is 5. The molecule has 140 valence electrons. The Balaban J connectivity index is 1.63. The number of carbonyl (C=O) groups excluding carboxylic acids is 1. The van der Waals surface area contributed by atoms with E-state index in [1.54, 1.807) is 19.2 Å². The molecule has 3 aromatic rings. The van der Waals surface area contributed by atoms with E-state index in [0.29, 0.717) is 28.9 Å². The van der Waals surface area contributed by atoms with Crippen LogP contribution < -0.4 is 15.2 Å². The Hall–Kier alpha value is -3.15. The van der Waals surface area contributed by atoms with Gasteiger partial charge in [0.2, 0.25) is 0 Å². The lowest BCUT2D eigenvalue weighted by Gasteiger charge is -2.13. The average molecular weight is 366 g/mol. The number of benzene rings is 2. The lowest BCUT2D eigenvalue weighted by atomic mass is 10.1. The van der Waals surface area contributed by atoms with Crippen molar-refractivity contribution in [2.24, 2.45) is 0 Å². The van der Waals surface area contributed by atoms with E-state index >= 15 is 0 Å². The third-order valence-electron chi connectivity index (χ3n) is 4.87. The normalized spacial score (nSPS) is 13.6. The van der Waals surface area contributed by atoms with Crippen LogP contribution in [0.5, 0.6) is 17.2 Å². The molecule has 6 heteroatoms. The van der Waals surface area contributed by atoms with Crippen molar-refractivity contribution in [3.8, 4) is 17.2 Å². The Kier molecular flexibility index (Phi) is 4.39. The maximum atomic E-state index is 11.5. The van der Waals surface area contributed by atoms with Gasteiger partial charge < -0.3 is 24.9 Å². The van der Waals surface area contributed by atoms with Crippen LogP contribution in [0, 0.1) is 0 Å². The van der Waals surface area contributed by atoms with Crippen molar-refractivity contribution >= 4 is 22.6 Å². The molecule has 1 aliphatic carbocycles. The van der Waals surface area contributed by atoms with Crippen LogP contribution in [0.2, 0.25) is 0 Å². The predicted molar refractivity (Wildman–Crippen MR) is 103 cm³/mol. The summed E-state index contributed by atoms with van der Waals surface area (Å²) in [5.41, 5.74) is 9.99. The van der Waals surface area contributed by atoms with E-state index in [0.717, 1.165) is 16.5 Å². The molecule has 0 spiro atoms. The molecule has 3 N–H and O–H groups in total. The minimum absolute atomic E-state index is 0.175. The third kappa shape index (κ3) is 3.43. The number of anilines is 1. The van der Waals surface area contributed by atoms with Gasteiger partial charge in [-0.2, -0.15) is 0 Å². The number of carbonyl (C=O) groups is 1. The zero-order chi connectivity index (χ0) is 19.0. The van der Waals surface area contributed by atoms with Gasteiger partial charge in [-0.15, -0.1) is 0 Å². The van der Waals surface area contributed by atoms with Gasteiger partial charge in [0.15, 0.2) is 17.2 Å². The first-order chi connectivity index (χ1) is 13.1. The van der Waals surface area contributed by atoms with Gasteiger partial charge in [0.1, 0.15) is 0 Å². The molecule has 0 amide bonds. The van der Waals surface area contributed by atoms with E-state index in [-0.39, 0.29) is 12.4 Å². The molecule has 0 bridgehead atoms. The Morgan fingerprint density at radius 2 is 1.89 bits per heavy atom. The van der Waals surface area contributed by atoms with Crippen molar-refractivity contribution in [2.75, 3.05) is 20.0 Å². The zero-order valence-corrected chi connectivity index (χ0v) is 15.4. The third-order valence-corrected chi connectivity index (χ3v) is 4.87. The number of H-pyrrole nitrogens is 1. The van der Waals surface area contributed by atoms with Gasteiger partial charge >= 0.3 is 5.97 Å². The first kappa shape index (κ1) is 17.3. The topological polar surface area (TPSA) is 86.6 Å². The highest BCUT2D eigenvalue weighted by molar-refractivity contribution is 5.95. The van der Waals surface area contributed by atoms with Gasteiger partial charge in [-0.1, -0.05) is 6.07 Å². The minimum atomic E-state index is -0.306. The first-order valence-electron chi connectivity index (χ1n) is 8.91. The molecule has 4 rings (SSSR count). The second kappa shape index (κ2) is 6.87. The molecule has 1 saturated carbocycles. The predicted octanol–water partition coefficient (Wildman–Crippen LogP) is 4.14. The molecule has 1 fully saturated rings. The molecule has 0 radical (unpaired) electrons. The smallest absolute Gasteiger partial charge is 0.309 e. The Labute approximate surface area is 157 Å². The van der Waals surface area contributed by atoms with Crippen molar-refractivity contribution in [1.29, 1.82) is 0 Å². The highest BCUT2D eigenvalue weighted by Gasteiger charge is 2.25. The van der Waals surface area contributed by atoms with Crippen molar-refractivity contribution in [3.05, 3.63) is 47.7 Å². The summed E-state index contributed by atoms with van der Waals surface area (Å²) in [7, 11) is 2.93. The van der Waals surface area contributed by atoms with Gasteiger partial charge in [0.25, 0.3) is 0 Å². The van der Waals surface area contributed by atoms with E-state index in [1.807, 2.05) is 18.2 Å². The van der Waals surface area contributed by atoms with E-state index in [9.17, 15) is 4.79 Å². The van der Waals surface area contributed by atoms with Crippen molar-refractivity contribution in [2.45, 2.75) is 25.2 Å². The molecule has 1 aromatic heterocycles. The van der Waals surface area contributed by atoms with Crippen LogP contribution in [0.1, 0.15) is 30.0 Å². The van der Waals surface area contributed by atoms with Crippen LogP contribution in [-0.4, -0.2) is 25.2 Å². The number of esters is 1. The van der Waals surface area contributed by atoms with Crippen LogP contribution in [0.3, 0.4) is 0 Å². The van der Waals surface area contributed by atoms with Crippen LogP contribution in [-0.2, 0) is 16.0 Å². The number of hydrogen-bond donors (Lipinski definition) is 2. The summed E-state index contributed by atoms with van der Waals surface area (Å²) in [6.45, 7) is 0. The van der Waals surface area contributed by atoms with Crippen LogP contribution in [0.25, 0.3) is 10.9 Å². The van der Waals surface area contributed by atoms with E-state index in [2.05, 4.69) is 11.1 Å². The molecule has 27 heavy (non-hydrogen) atoms. The standard InChI is InChI=1S/C21H22N2O4/c1-25-19-9-12(10-20(24)26-2)3-7-17(19)27-18-8-6-15-14(21(18)22)11-16(23-15)13-4-5-13/h3,6-9,11,13,23H,4-5,10,22H2,1-2H3. The second-order valence-electron chi connectivity index (χ2n) is 6.78. The van der Waals surface area contributed by atoms with Crippen molar-refractivity contribution in [3.63, 3.8) is 0 Å². The summed E-state index contributed by atoms with van der Waals surface area (Å²) in [5.74, 6) is 1.96. The molecule has 0 unspecified atom stereocenters. The summed E-state index contributed by atoms with van der Waals surface area (Å²) in [6.07, 6.45) is 2.63. The molecule has 0 aliphatic heterocycles. The molecular formula is C21H22N2O4. The summed E-state index contributed by atoms with van der Waals surface area (Å²) in [6, 6.07) is 11.3. The van der Waals surface area contributed by atoms with Crippen LogP contribution in [0.4, 0.5) is 5.69 Å². The highest BCUT2D eigenvalue weighted by atomic mass is 16.5. The molecule has 2 aromatic carbocycles. The van der Waals surface area contributed by atoms with Gasteiger partial charge in [0.05, 0.1) is 26.3 Å². The Morgan fingerprint density at radius 3 is 2.59 bits per heavy atom. The zero-order valence-electron chi connectivity index (χ0n) is 15.4. The quantitative estimate of drug-likeness (QED) is 0.506. The number of ether oxygens (including phenoxy) is 3. The summed E-state index contributed by atoms with van der Waals surface area (Å²) in [5, 5.41) is 0.968. The molecule has 6 nitrogen and oxygen atoms in total. The molecular weight excluding hydrogens is 344 g/mol. The first-order valence-corrected chi connectivity index (χ1v) is 8.91. The van der Waals surface area contributed by atoms with Gasteiger partial charge in [-0.25, -0.2) is 0 Å². The van der Waals surface area contributed by atoms with Crippen molar-refractivity contribution in [1.82, 2.24) is 4.98 Å². The lowest BCUT2D eigenvalue weighted by Crippen LogP contribution is -2.04. The van der Waals surface area contributed by atoms with Gasteiger partial charge in [0, 0.05) is 16.6 Å². The molecule has 1 heterocycles. The molecule has 1 aliphatic rings. The van der Waals surface area contributed by atoms with E-state index in [1.165, 1.54) is 25.6 Å². The lowest BCUT2D eigenvalue weighted by molar-refractivity contribution is -0.139. The number of nitrogens with one attached hydrogen (secondary N) is 1. The largest absolute Gasteiger partial charge is 0.493 e. The summed E-state index contributed by atoms with van der Waals surface area (Å²) < 4.78 is 16.2. The maximum absolute atomic E-state index is 11.5. The molecule has 0 saturated heterocycles. The van der Waals surface area contributed by atoms with Crippen LogP contribution in [0.15, 0.2) is 36.4 Å². The monoisotopic (exact) mass is 366 g/mol. The number of fused-ring (bicyclic) bond motifs is 1. The number of rotatable bonds is 6. The fraction of sp³-hybridized carbons (Fsp3) is 0.286. The maximum Gasteiger partial charge on any atom is 0.309 e. The molecule has 0 atom stereocenters. The number of aromatic nitrogens is 1. The van der Waals surface area contributed by atoms with E-state index < -0.39 is 0 Å². The Morgan fingerprint density at radius 1 is 1.11 bits per heavy atom. The average Bonchev–Trinajstić information content (AvgIpc) is 3.44. The number of nitrogens with two attached hydrogens (primary N) is 1. The minimum Gasteiger partial charge on any atom is -0.493 e. The van der Waals surface area contributed by atoms with E-state index in [4.69, 9.17) is 19.9 Å². The van der Waals surface area contributed by atoms with Gasteiger partial charge in [-0.3, -0.25) is 4.79 Å². The Bertz CT molecular complexity index is 1000. The number of methoxy groups -OCH3 is 2. The number of nitrogen functional groups attached to an aromatic ring is 1. The second-order valence-corrected chi connectivity index (χ2v) is 6.78. The fourth-order valence-electron chi connectivity index (χ4n) is 3.19. The SMILES string of the molecule is COC(=O)Cc1ccc(Oc2ccc3[nH]c(C4CC4)cc3c2N)c(OC)c1. The van der Waals surface area contributed by atoms with Crippen molar-refractivity contribution < 1.29 is 19.0 Å². The fourth-order valence-corrected chi connectivity index (χ4v) is 3.19. The van der Waals surface area contributed by atoms with Crippen LogP contribution >= 0.6 is 0 Å². The van der Waals surface area contributed by atoms with Gasteiger partial charge in [-0.05, 0) is 54.7 Å².